The Hall–Kier alpha value is -1.87. The molecule has 2 aromatic carbocycles. The third-order valence-electron chi connectivity index (χ3n) is 4.42. The quantitative estimate of drug-likeness (QED) is 0.375. The fourth-order valence-electron chi connectivity index (χ4n) is 3.00. The molecule has 2 aromatic rings. The molecule has 1 aliphatic heterocycles. The second-order valence-corrected chi connectivity index (χ2v) is 6.16. The van der Waals surface area contributed by atoms with E-state index in [1.807, 2.05) is 18.2 Å². The van der Waals surface area contributed by atoms with Crippen LogP contribution in [0.4, 0.5) is 4.39 Å². The zero-order valence-electron chi connectivity index (χ0n) is 15.4. The third kappa shape index (κ3) is 5.80. The van der Waals surface area contributed by atoms with E-state index >= 15 is 0 Å². The first-order valence-electron chi connectivity index (χ1n) is 8.67. The number of aliphatic imine (C=N–C) groups is 1. The number of fused-ring (bicyclic) bond motifs is 1. The summed E-state index contributed by atoms with van der Waals surface area (Å²) in [5.41, 5.74) is 2.14. The minimum atomic E-state index is -0.258. The molecule has 0 saturated heterocycles. The maximum absolute atomic E-state index is 13.1. The van der Waals surface area contributed by atoms with Gasteiger partial charge in [-0.1, -0.05) is 30.3 Å². The lowest BCUT2D eigenvalue weighted by Gasteiger charge is -2.20. The number of para-hydroxylation sites is 1. The number of nitrogens with zero attached hydrogens (tertiary/aromatic N) is 1. The molecule has 27 heavy (non-hydrogen) atoms. The average Bonchev–Trinajstić information content (AvgIpc) is 3.09. The Bertz CT molecular complexity index is 730. The van der Waals surface area contributed by atoms with Gasteiger partial charge in [-0.15, -0.1) is 24.0 Å². The number of halogens is 2. The van der Waals surface area contributed by atoms with Gasteiger partial charge in [0, 0.05) is 27.1 Å². The van der Waals surface area contributed by atoms with Crippen molar-refractivity contribution in [2.75, 3.05) is 27.2 Å². The number of rotatable bonds is 6. The van der Waals surface area contributed by atoms with Gasteiger partial charge in [0.05, 0.1) is 12.6 Å². The van der Waals surface area contributed by atoms with Crippen molar-refractivity contribution in [2.45, 2.75) is 18.6 Å². The second-order valence-electron chi connectivity index (χ2n) is 6.16. The van der Waals surface area contributed by atoms with E-state index in [2.05, 4.69) is 21.7 Å². The van der Waals surface area contributed by atoms with Gasteiger partial charge in [0.1, 0.15) is 17.7 Å². The molecular formula is C20H25FIN3O2. The average molecular weight is 485 g/mol. The Morgan fingerprint density at radius 1 is 1.22 bits per heavy atom. The lowest BCUT2D eigenvalue weighted by molar-refractivity contribution is 0.106. The molecule has 1 heterocycles. The molecule has 5 nitrogen and oxygen atoms in total. The van der Waals surface area contributed by atoms with Crippen molar-refractivity contribution in [3.8, 4) is 5.75 Å². The van der Waals surface area contributed by atoms with Crippen LogP contribution in [-0.4, -0.2) is 39.3 Å². The van der Waals surface area contributed by atoms with E-state index in [0.29, 0.717) is 19.0 Å². The molecule has 0 fully saturated rings. The number of hydrogen-bond donors (Lipinski definition) is 2. The summed E-state index contributed by atoms with van der Waals surface area (Å²) < 4.78 is 24.5. The first kappa shape index (κ1) is 21.4. The molecule has 0 aromatic heterocycles. The lowest BCUT2D eigenvalue weighted by Crippen LogP contribution is -2.43. The number of methoxy groups -OCH3 is 1. The summed E-state index contributed by atoms with van der Waals surface area (Å²) >= 11 is 0. The molecule has 1 aliphatic rings. The van der Waals surface area contributed by atoms with E-state index in [1.54, 1.807) is 26.3 Å². The molecule has 3 rings (SSSR count). The fourth-order valence-corrected chi connectivity index (χ4v) is 3.00. The molecule has 0 bridgehead atoms. The largest absolute Gasteiger partial charge is 0.488 e. The normalized spacial score (nSPS) is 16.7. The Balaban J connectivity index is 0.00000261. The van der Waals surface area contributed by atoms with E-state index in [-0.39, 0.29) is 42.0 Å². The zero-order valence-corrected chi connectivity index (χ0v) is 17.8. The summed E-state index contributed by atoms with van der Waals surface area (Å²) in [5.74, 6) is 1.37. The van der Waals surface area contributed by atoms with Gasteiger partial charge in [-0.05, 0) is 29.3 Å². The Kier molecular flexibility index (Phi) is 8.30. The van der Waals surface area contributed by atoms with Gasteiger partial charge < -0.3 is 20.1 Å². The maximum Gasteiger partial charge on any atom is 0.191 e. The van der Waals surface area contributed by atoms with Crippen LogP contribution in [0.3, 0.4) is 0 Å². The van der Waals surface area contributed by atoms with Crippen LogP contribution in [0.15, 0.2) is 53.5 Å². The van der Waals surface area contributed by atoms with E-state index < -0.39 is 0 Å². The van der Waals surface area contributed by atoms with Crippen LogP contribution in [0.25, 0.3) is 0 Å². The van der Waals surface area contributed by atoms with Crippen LogP contribution >= 0.6 is 24.0 Å². The van der Waals surface area contributed by atoms with Crippen molar-refractivity contribution in [3.05, 3.63) is 65.5 Å². The number of nitrogens with one attached hydrogen (secondary N) is 2. The molecule has 2 N–H and O–H groups in total. The molecule has 0 amide bonds. The summed E-state index contributed by atoms with van der Waals surface area (Å²) in [6, 6.07) is 14.4. The highest BCUT2D eigenvalue weighted by Gasteiger charge is 2.22. The van der Waals surface area contributed by atoms with E-state index in [1.165, 1.54) is 17.7 Å². The topological polar surface area (TPSA) is 54.9 Å². The minimum absolute atomic E-state index is 0. The Morgan fingerprint density at radius 3 is 2.63 bits per heavy atom. The Morgan fingerprint density at radius 2 is 1.96 bits per heavy atom. The Labute approximate surface area is 176 Å². The van der Waals surface area contributed by atoms with Crippen LogP contribution in [0, 0.1) is 5.82 Å². The van der Waals surface area contributed by atoms with E-state index in [0.717, 1.165) is 17.7 Å². The van der Waals surface area contributed by atoms with Gasteiger partial charge in [-0.2, -0.15) is 0 Å². The van der Waals surface area contributed by atoms with Crippen molar-refractivity contribution < 1.29 is 13.9 Å². The van der Waals surface area contributed by atoms with E-state index in [4.69, 9.17) is 9.47 Å². The van der Waals surface area contributed by atoms with Crippen LogP contribution in [-0.2, 0) is 11.2 Å². The summed E-state index contributed by atoms with van der Waals surface area (Å²) in [6.45, 7) is 1.18. The molecular weight excluding hydrogens is 460 g/mol. The highest BCUT2D eigenvalue weighted by molar-refractivity contribution is 14.0. The first-order chi connectivity index (χ1) is 12.7. The highest BCUT2D eigenvalue weighted by atomic mass is 127. The third-order valence-corrected chi connectivity index (χ3v) is 4.42. The molecule has 0 saturated carbocycles. The SMILES string of the molecule is CN=C(NCC1Cc2ccccc2O1)NCC(OC)c1ccc(F)cc1.I. The lowest BCUT2D eigenvalue weighted by atomic mass is 10.1. The molecule has 7 heteroatoms. The van der Waals surface area contributed by atoms with E-state index in [9.17, 15) is 4.39 Å². The molecule has 0 spiro atoms. The number of ether oxygens (including phenoxy) is 2. The summed E-state index contributed by atoms with van der Waals surface area (Å²) in [4.78, 5) is 4.24. The number of guanidine groups is 1. The van der Waals surface area contributed by atoms with Gasteiger partial charge in [0.2, 0.25) is 0 Å². The molecule has 0 radical (unpaired) electrons. The van der Waals surface area contributed by atoms with Crippen molar-refractivity contribution in [3.63, 3.8) is 0 Å². The second kappa shape index (κ2) is 10.5. The van der Waals surface area contributed by atoms with Crippen LogP contribution in [0.1, 0.15) is 17.2 Å². The van der Waals surface area contributed by atoms with Crippen molar-refractivity contribution in [1.29, 1.82) is 0 Å². The summed E-state index contributed by atoms with van der Waals surface area (Å²) in [7, 11) is 3.36. The zero-order chi connectivity index (χ0) is 18.4. The molecule has 146 valence electrons. The number of hydrogen-bond acceptors (Lipinski definition) is 3. The van der Waals surface area contributed by atoms with Crippen LogP contribution in [0.5, 0.6) is 5.75 Å². The smallest absolute Gasteiger partial charge is 0.191 e. The van der Waals surface area contributed by atoms with Gasteiger partial charge in [-0.25, -0.2) is 4.39 Å². The number of benzene rings is 2. The first-order valence-corrected chi connectivity index (χ1v) is 8.67. The molecule has 0 aliphatic carbocycles. The predicted octanol–water partition coefficient (Wildman–Crippen LogP) is 3.30. The minimum Gasteiger partial charge on any atom is -0.488 e. The molecule has 2 unspecified atom stereocenters. The molecule has 2 atom stereocenters. The van der Waals surface area contributed by atoms with Crippen LogP contribution < -0.4 is 15.4 Å². The monoisotopic (exact) mass is 485 g/mol. The summed E-state index contributed by atoms with van der Waals surface area (Å²) in [6.07, 6.45) is 0.776. The summed E-state index contributed by atoms with van der Waals surface area (Å²) in [5, 5.41) is 6.53. The highest BCUT2D eigenvalue weighted by Crippen LogP contribution is 2.27. The predicted molar refractivity (Wildman–Crippen MR) is 115 cm³/mol. The van der Waals surface area contributed by atoms with Gasteiger partial charge in [0.15, 0.2) is 5.96 Å². The van der Waals surface area contributed by atoms with Gasteiger partial charge >= 0.3 is 0 Å². The van der Waals surface area contributed by atoms with Crippen molar-refractivity contribution in [2.24, 2.45) is 4.99 Å². The standard InChI is InChI=1S/C20H24FN3O2.HI/c1-22-20(23-12-17-11-15-5-3-4-6-18(15)26-17)24-13-19(25-2)14-7-9-16(21)10-8-14;/h3-10,17,19H,11-13H2,1-2H3,(H2,22,23,24);1H. The van der Waals surface area contributed by atoms with Crippen LogP contribution in [0.2, 0.25) is 0 Å². The fraction of sp³-hybridized carbons (Fsp3) is 0.350. The maximum atomic E-state index is 13.1. The van der Waals surface area contributed by atoms with Crippen molar-refractivity contribution >= 4 is 29.9 Å². The van der Waals surface area contributed by atoms with Crippen molar-refractivity contribution in [1.82, 2.24) is 10.6 Å². The van der Waals surface area contributed by atoms with Gasteiger partial charge in [-0.3, -0.25) is 4.99 Å². The van der Waals surface area contributed by atoms with Gasteiger partial charge in [0.25, 0.3) is 0 Å².